The van der Waals surface area contributed by atoms with E-state index < -0.39 is 0 Å². The first-order chi connectivity index (χ1) is 8.65. The van der Waals surface area contributed by atoms with E-state index in [9.17, 15) is 4.79 Å². The van der Waals surface area contributed by atoms with Gasteiger partial charge in [0.05, 0.1) is 7.11 Å². The highest BCUT2D eigenvalue weighted by Crippen LogP contribution is 2.26. The van der Waals surface area contributed by atoms with Crippen LogP contribution in [0.15, 0.2) is 12.4 Å². The molecule has 6 nitrogen and oxygen atoms in total. The summed E-state index contributed by atoms with van der Waals surface area (Å²) in [5.41, 5.74) is 6.07. The first kappa shape index (κ1) is 12.7. The molecule has 96 valence electrons. The van der Waals surface area contributed by atoms with E-state index in [2.05, 4.69) is 9.97 Å². The molecule has 1 saturated heterocycles. The van der Waals surface area contributed by atoms with Crippen molar-refractivity contribution >= 4 is 29.0 Å². The van der Waals surface area contributed by atoms with Gasteiger partial charge in [0.25, 0.3) is 0 Å². The third-order valence-electron chi connectivity index (χ3n) is 2.91. The lowest BCUT2D eigenvalue weighted by molar-refractivity contribution is -0.141. The van der Waals surface area contributed by atoms with E-state index in [-0.39, 0.29) is 17.0 Å². The number of rotatable bonds is 3. The van der Waals surface area contributed by atoms with Gasteiger partial charge in [0.2, 0.25) is 0 Å². The summed E-state index contributed by atoms with van der Waals surface area (Å²) < 4.78 is 4.79. The number of nitrogens with two attached hydrogens (primary N) is 1. The van der Waals surface area contributed by atoms with Crippen LogP contribution in [0.25, 0.3) is 0 Å². The highest BCUT2D eigenvalue weighted by Gasteiger charge is 2.34. The number of aromatic nitrogens is 2. The van der Waals surface area contributed by atoms with E-state index in [1.54, 1.807) is 6.20 Å². The summed E-state index contributed by atoms with van der Waals surface area (Å²) in [5.74, 6) is 0.282. The molecule has 18 heavy (non-hydrogen) atoms. The highest BCUT2D eigenvalue weighted by atomic mass is 32.1. The summed E-state index contributed by atoms with van der Waals surface area (Å²) in [6, 6.07) is -0.334. The molecule has 7 heteroatoms. The maximum atomic E-state index is 11.7. The predicted octanol–water partition coefficient (Wildman–Crippen LogP) is 0.253. The van der Waals surface area contributed by atoms with Crippen LogP contribution in [-0.4, -0.2) is 40.6 Å². The van der Waals surface area contributed by atoms with Gasteiger partial charge in [0, 0.05) is 18.9 Å². The summed E-state index contributed by atoms with van der Waals surface area (Å²) >= 11 is 4.95. The number of ether oxygens (including phenoxy) is 1. The Morgan fingerprint density at radius 1 is 1.56 bits per heavy atom. The fourth-order valence-electron chi connectivity index (χ4n) is 2.12. The Bertz CT molecular complexity index is 480. The Kier molecular flexibility index (Phi) is 3.71. The number of hydrogen-bond acceptors (Lipinski definition) is 6. The minimum atomic E-state index is -0.334. The summed E-state index contributed by atoms with van der Waals surface area (Å²) in [6.07, 6.45) is 4.72. The van der Waals surface area contributed by atoms with E-state index in [0.717, 1.165) is 12.8 Å². The summed E-state index contributed by atoms with van der Waals surface area (Å²) in [7, 11) is 1.38. The van der Waals surface area contributed by atoms with Crippen LogP contribution in [0.4, 0.5) is 5.82 Å². The lowest BCUT2D eigenvalue weighted by Crippen LogP contribution is -2.38. The Balaban J connectivity index is 2.36. The summed E-state index contributed by atoms with van der Waals surface area (Å²) in [6.45, 7) is 0.716. The third-order valence-corrected chi connectivity index (χ3v) is 3.10. The molecule has 1 fully saturated rings. The molecular weight excluding hydrogens is 252 g/mol. The number of hydrogen-bond donors (Lipinski definition) is 1. The van der Waals surface area contributed by atoms with Crippen molar-refractivity contribution in [1.82, 2.24) is 9.97 Å². The SMILES string of the molecule is COC(=O)C1CCCN1c1nccnc1C(N)=S. The van der Waals surface area contributed by atoms with E-state index in [0.29, 0.717) is 18.1 Å². The first-order valence-corrected chi connectivity index (χ1v) is 6.01. The second-order valence-corrected chi connectivity index (χ2v) is 4.41. The van der Waals surface area contributed by atoms with Crippen LogP contribution in [0.1, 0.15) is 18.5 Å². The van der Waals surface area contributed by atoms with Crippen molar-refractivity contribution < 1.29 is 9.53 Å². The van der Waals surface area contributed by atoms with Crippen LogP contribution < -0.4 is 10.6 Å². The average Bonchev–Trinajstić information content (AvgIpc) is 2.86. The van der Waals surface area contributed by atoms with Gasteiger partial charge in [-0.3, -0.25) is 0 Å². The van der Waals surface area contributed by atoms with Crippen LogP contribution in [0.3, 0.4) is 0 Å². The summed E-state index contributed by atoms with van der Waals surface area (Å²) in [4.78, 5) is 22.1. The molecule has 1 aromatic heterocycles. The van der Waals surface area contributed by atoms with Gasteiger partial charge in [-0.15, -0.1) is 0 Å². The van der Waals surface area contributed by atoms with Gasteiger partial charge >= 0.3 is 5.97 Å². The van der Waals surface area contributed by atoms with Gasteiger partial charge in [0.1, 0.15) is 16.7 Å². The smallest absolute Gasteiger partial charge is 0.328 e. The fourth-order valence-corrected chi connectivity index (χ4v) is 2.26. The Labute approximate surface area is 110 Å². The summed E-state index contributed by atoms with van der Waals surface area (Å²) in [5, 5.41) is 0. The van der Waals surface area contributed by atoms with Crippen molar-refractivity contribution in [3.63, 3.8) is 0 Å². The van der Waals surface area contributed by atoms with Gasteiger partial charge in [-0.25, -0.2) is 14.8 Å². The second-order valence-electron chi connectivity index (χ2n) is 3.97. The minimum absolute atomic E-state index is 0.175. The molecule has 0 amide bonds. The average molecular weight is 266 g/mol. The molecule has 0 spiro atoms. The van der Waals surface area contributed by atoms with E-state index in [4.69, 9.17) is 22.7 Å². The number of esters is 1. The van der Waals surface area contributed by atoms with Gasteiger partial charge in [-0.2, -0.15) is 0 Å². The van der Waals surface area contributed by atoms with Crippen molar-refractivity contribution in [3.8, 4) is 0 Å². The van der Waals surface area contributed by atoms with Crippen molar-refractivity contribution in [2.75, 3.05) is 18.6 Å². The Morgan fingerprint density at radius 3 is 2.94 bits per heavy atom. The van der Waals surface area contributed by atoms with Crippen molar-refractivity contribution in [3.05, 3.63) is 18.1 Å². The van der Waals surface area contributed by atoms with Gasteiger partial charge in [0.15, 0.2) is 5.82 Å². The minimum Gasteiger partial charge on any atom is -0.467 e. The highest BCUT2D eigenvalue weighted by molar-refractivity contribution is 7.80. The van der Waals surface area contributed by atoms with E-state index in [1.165, 1.54) is 13.3 Å². The fraction of sp³-hybridized carbons (Fsp3) is 0.455. The standard InChI is InChI=1S/C11H14N4O2S/c1-17-11(16)7-3-2-6-15(7)10-8(9(12)18)13-4-5-14-10/h4-5,7H,2-3,6H2,1H3,(H2,12,18). The monoisotopic (exact) mass is 266 g/mol. The maximum absolute atomic E-state index is 11.7. The Hall–Kier alpha value is -1.76. The van der Waals surface area contributed by atoms with Crippen molar-refractivity contribution in [1.29, 1.82) is 0 Å². The van der Waals surface area contributed by atoms with Crippen LogP contribution in [0.2, 0.25) is 0 Å². The molecular formula is C11H14N4O2S. The van der Waals surface area contributed by atoms with Crippen molar-refractivity contribution in [2.24, 2.45) is 5.73 Å². The van der Waals surface area contributed by atoms with Crippen LogP contribution >= 0.6 is 12.2 Å². The van der Waals surface area contributed by atoms with Crippen LogP contribution in [-0.2, 0) is 9.53 Å². The lowest BCUT2D eigenvalue weighted by Gasteiger charge is -2.24. The number of thiocarbonyl (C=S) groups is 1. The zero-order chi connectivity index (χ0) is 13.1. The molecule has 1 aliphatic heterocycles. The molecule has 1 aliphatic rings. The number of nitrogens with zero attached hydrogens (tertiary/aromatic N) is 3. The first-order valence-electron chi connectivity index (χ1n) is 5.60. The van der Waals surface area contributed by atoms with Crippen LogP contribution in [0, 0.1) is 0 Å². The molecule has 0 aromatic carbocycles. The van der Waals surface area contributed by atoms with E-state index >= 15 is 0 Å². The molecule has 0 radical (unpaired) electrons. The zero-order valence-corrected chi connectivity index (χ0v) is 10.8. The molecule has 0 saturated carbocycles. The molecule has 0 aliphatic carbocycles. The zero-order valence-electron chi connectivity index (χ0n) is 10.00. The largest absolute Gasteiger partial charge is 0.467 e. The van der Waals surface area contributed by atoms with Gasteiger partial charge < -0.3 is 15.4 Å². The van der Waals surface area contributed by atoms with Gasteiger partial charge in [-0.05, 0) is 12.8 Å². The predicted molar refractivity (Wildman–Crippen MR) is 70.3 cm³/mol. The number of carbonyl (C=O) groups is 1. The molecule has 0 bridgehead atoms. The third kappa shape index (κ3) is 2.26. The van der Waals surface area contributed by atoms with Crippen LogP contribution in [0.5, 0.6) is 0 Å². The molecule has 1 atom stereocenters. The van der Waals surface area contributed by atoms with Gasteiger partial charge in [-0.1, -0.05) is 12.2 Å². The number of carbonyl (C=O) groups excluding carboxylic acids is 1. The normalized spacial score (nSPS) is 18.7. The number of anilines is 1. The second kappa shape index (κ2) is 5.26. The topological polar surface area (TPSA) is 81.3 Å². The maximum Gasteiger partial charge on any atom is 0.328 e. The Morgan fingerprint density at radius 2 is 2.28 bits per heavy atom. The molecule has 2 N–H and O–H groups in total. The van der Waals surface area contributed by atoms with E-state index in [1.807, 2.05) is 4.90 Å². The molecule has 2 heterocycles. The molecule has 2 rings (SSSR count). The molecule has 1 unspecified atom stereocenters. The molecule has 1 aromatic rings. The lowest BCUT2D eigenvalue weighted by atomic mass is 10.2. The quantitative estimate of drug-likeness (QED) is 0.620. The number of methoxy groups -OCH3 is 1. The van der Waals surface area contributed by atoms with Crippen molar-refractivity contribution in [2.45, 2.75) is 18.9 Å².